The van der Waals surface area contributed by atoms with Gasteiger partial charge in [-0.25, -0.2) is 0 Å². The third-order valence-corrected chi connectivity index (χ3v) is 13.7. The van der Waals surface area contributed by atoms with Crippen molar-refractivity contribution < 1.29 is 14.4 Å². The first-order chi connectivity index (χ1) is 18.5. The predicted molar refractivity (Wildman–Crippen MR) is 155 cm³/mol. The average Bonchev–Trinajstić information content (AvgIpc) is 3.27. The molecule has 1 saturated heterocycles. The number of amides is 1. The summed E-state index contributed by atoms with van der Waals surface area (Å²) >= 11 is 0. The zero-order valence-corrected chi connectivity index (χ0v) is 25.8. The van der Waals surface area contributed by atoms with Gasteiger partial charge in [0.05, 0.1) is 5.57 Å². The van der Waals surface area contributed by atoms with Gasteiger partial charge in [-0.3, -0.25) is 14.4 Å². The lowest BCUT2D eigenvalue weighted by atomic mass is 9.34. The fourth-order valence-corrected chi connectivity index (χ4v) is 11.3. The van der Waals surface area contributed by atoms with E-state index in [1.54, 1.807) is 0 Å². The van der Waals surface area contributed by atoms with Crippen molar-refractivity contribution in [2.45, 2.75) is 106 Å². The van der Waals surface area contributed by atoms with Crippen molar-refractivity contribution in [3.05, 3.63) is 23.3 Å². The zero-order chi connectivity index (χ0) is 29.1. The number of likely N-dealkylation sites (tertiary alicyclic amines) is 1. The van der Waals surface area contributed by atoms with Crippen LogP contribution in [-0.2, 0) is 14.4 Å². The molecule has 3 saturated carbocycles. The summed E-state index contributed by atoms with van der Waals surface area (Å²) in [5, 5.41) is 9.94. The molecular weight excluding hydrogens is 496 g/mol. The van der Waals surface area contributed by atoms with Gasteiger partial charge in [0, 0.05) is 36.3 Å². The van der Waals surface area contributed by atoms with Crippen LogP contribution in [0.5, 0.6) is 0 Å². The number of hydrogen-bond donors (Lipinski definition) is 0. The first kappa shape index (κ1) is 27.9. The van der Waals surface area contributed by atoms with Crippen LogP contribution >= 0.6 is 0 Å². The van der Waals surface area contributed by atoms with Crippen LogP contribution in [0.1, 0.15) is 106 Å². The van der Waals surface area contributed by atoms with E-state index >= 15 is 0 Å². The zero-order valence-electron chi connectivity index (χ0n) is 25.8. The number of nitriles is 1. The van der Waals surface area contributed by atoms with Crippen molar-refractivity contribution in [2.75, 3.05) is 13.1 Å². The fourth-order valence-electron chi connectivity index (χ4n) is 11.3. The number of fused-ring (bicyclic) bond motifs is 7. The standard InChI is InChI=1S/C35H48N2O3/c1-30(2)12-14-35(21-37-16-8-9-27(37)39)15-13-34(7)28(23(35)19-30)24(38)17-26-32(5)18-22(20-36)29(40)31(3,4)25(32)10-11-33(26,34)6/h17-18,23,25,28H,8-16,19,21H2,1-7H3/t23-,25-,28-,32-,33+,34+,35+/m0/s1. The molecule has 1 aliphatic heterocycles. The van der Waals surface area contributed by atoms with E-state index in [2.05, 4.69) is 45.6 Å². The van der Waals surface area contributed by atoms with Gasteiger partial charge in [-0.15, -0.1) is 0 Å². The summed E-state index contributed by atoms with van der Waals surface area (Å²) in [6.07, 6.45) is 12.7. The Morgan fingerprint density at radius 2 is 1.68 bits per heavy atom. The molecule has 1 heterocycles. The highest BCUT2D eigenvalue weighted by Crippen LogP contribution is 2.74. The number of Topliss-reactive ketones (excluding diaryl/α,β-unsaturated/α-hetero) is 1. The van der Waals surface area contributed by atoms with Crippen molar-refractivity contribution in [2.24, 2.45) is 50.2 Å². The molecule has 1 amide bonds. The van der Waals surface area contributed by atoms with Gasteiger partial charge in [-0.2, -0.15) is 5.26 Å². The third-order valence-electron chi connectivity index (χ3n) is 13.7. The van der Waals surface area contributed by atoms with E-state index in [-0.39, 0.29) is 62.5 Å². The van der Waals surface area contributed by atoms with Crippen LogP contribution in [0.25, 0.3) is 0 Å². The number of allylic oxidation sites excluding steroid dienone is 4. The minimum Gasteiger partial charge on any atom is -0.342 e. The van der Waals surface area contributed by atoms with Crippen LogP contribution in [0, 0.1) is 61.6 Å². The van der Waals surface area contributed by atoms with Crippen molar-refractivity contribution in [3.63, 3.8) is 0 Å². The molecule has 5 nitrogen and oxygen atoms in total. The Morgan fingerprint density at radius 1 is 0.975 bits per heavy atom. The third kappa shape index (κ3) is 3.46. The molecule has 0 radical (unpaired) electrons. The molecule has 0 aromatic carbocycles. The van der Waals surface area contributed by atoms with E-state index < -0.39 is 10.8 Å². The minimum absolute atomic E-state index is 0.00525. The van der Waals surface area contributed by atoms with Gasteiger partial charge in [-0.05, 0) is 90.9 Å². The second kappa shape index (κ2) is 8.42. The molecule has 0 unspecified atom stereocenters. The second-order valence-corrected chi connectivity index (χ2v) is 16.5. The first-order valence-corrected chi connectivity index (χ1v) is 15.8. The van der Waals surface area contributed by atoms with Gasteiger partial charge in [0.25, 0.3) is 0 Å². The molecule has 0 aromatic heterocycles. The van der Waals surface area contributed by atoms with Gasteiger partial charge in [0.15, 0.2) is 11.6 Å². The Kier molecular flexibility index (Phi) is 5.88. The molecule has 6 aliphatic rings. The van der Waals surface area contributed by atoms with E-state index in [0.717, 1.165) is 70.0 Å². The Labute approximate surface area is 240 Å². The molecule has 4 fully saturated rings. The lowest BCUT2D eigenvalue weighted by Gasteiger charge is -2.69. The molecular formula is C35H48N2O3. The SMILES string of the molecule is CC1(C)CC[C@]2(CN3CCCC3=O)CC[C@]3(C)[C@H](C(=O)C=C4[C@@]5(C)C=C(C#N)C(=O)C(C)(C)[C@@H]5CC[C@]43C)[C@@H]2C1. The maximum absolute atomic E-state index is 14.6. The number of hydrogen-bond acceptors (Lipinski definition) is 4. The summed E-state index contributed by atoms with van der Waals surface area (Å²) in [7, 11) is 0. The largest absolute Gasteiger partial charge is 0.342 e. The average molecular weight is 545 g/mol. The number of nitrogens with zero attached hydrogens (tertiary/aromatic N) is 2. The molecule has 5 heteroatoms. The van der Waals surface area contributed by atoms with E-state index in [0.29, 0.717) is 6.42 Å². The lowest BCUT2D eigenvalue weighted by molar-refractivity contribution is -0.175. The van der Waals surface area contributed by atoms with E-state index in [1.807, 2.05) is 26.0 Å². The maximum Gasteiger partial charge on any atom is 0.222 e. The van der Waals surface area contributed by atoms with Gasteiger partial charge >= 0.3 is 0 Å². The quantitative estimate of drug-likeness (QED) is 0.382. The Bertz CT molecular complexity index is 1300. The Hall–Kier alpha value is -2.22. The highest BCUT2D eigenvalue weighted by molar-refractivity contribution is 6.04. The molecule has 0 N–H and O–H groups in total. The summed E-state index contributed by atoms with van der Waals surface area (Å²) in [6, 6.07) is 2.21. The minimum atomic E-state index is -0.644. The molecule has 0 spiro atoms. The number of carbonyl (C=O) groups is 3. The summed E-state index contributed by atoms with van der Waals surface area (Å²) < 4.78 is 0. The van der Waals surface area contributed by atoms with Crippen molar-refractivity contribution in [1.29, 1.82) is 5.26 Å². The lowest BCUT2D eigenvalue weighted by Crippen LogP contribution is -2.65. The smallest absolute Gasteiger partial charge is 0.222 e. The number of carbonyl (C=O) groups excluding carboxylic acids is 3. The highest BCUT2D eigenvalue weighted by atomic mass is 16.2. The monoisotopic (exact) mass is 544 g/mol. The summed E-state index contributed by atoms with van der Waals surface area (Å²) in [5.74, 6) is 0.732. The molecule has 7 atom stereocenters. The highest BCUT2D eigenvalue weighted by Gasteiger charge is 2.70. The molecule has 6 rings (SSSR count). The van der Waals surface area contributed by atoms with Crippen molar-refractivity contribution in [1.82, 2.24) is 4.90 Å². The van der Waals surface area contributed by atoms with Crippen LogP contribution in [0.2, 0.25) is 0 Å². The van der Waals surface area contributed by atoms with Crippen molar-refractivity contribution in [3.8, 4) is 6.07 Å². The van der Waals surface area contributed by atoms with Gasteiger partial charge in [0.1, 0.15) is 6.07 Å². The van der Waals surface area contributed by atoms with Crippen LogP contribution in [0.4, 0.5) is 0 Å². The molecule has 0 aromatic rings. The fraction of sp³-hybridized carbons (Fsp3) is 0.771. The number of ketones is 2. The second-order valence-electron chi connectivity index (χ2n) is 16.5. The first-order valence-electron chi connectivity index (χ1n) is 15.8. The van der Waals surface area contributed by atoms with Crippen LogP contribution in [0.3, 0.4) is 0 Å². The van der Waals surface area contributed by atoms with E-state index in [1.165, 1.54) is 0 Å². The Morgan fingerprint density at radius 3 is 2.33 bits per heavy atom. The van der Waals surface area contributed by atoms with E-state index in [4.69, 9.17) is 0 Å². The normalized spacial score (nSPS) is 45.4. The summed E-state index contributed by atoms with van der Waals surface area (Å²) in [4.78, 5) is 42.8. The van der Waals surface area contributed by atoms with Crippen LogP contribution in [0.15, 0.2) is 23.3 Å². The van der Waals surface area contributed by atoms with Gasteiger partial charge in [0.2, 0.25) is 5.91 Å². The molecule has 5 aliphatic carbocycles. The topological polar surface area (TPSA) is 78.2 Å². The summed E-state index contributed by atoms with van der Waals surface area (Å²) in [6.45, 7) is 17.4. The van der Waals surface area contributed by atoms with Gasteiger partial charge in [-0.1, -0.05) is 60.1 Å². The summed E-state index contributed by atoms with van der Waals surface area (Å²) in [5.41, 5.74) is 0.0501. The van der Waals surface area contributed by atoms with Crippen LogP contribution < -0.4 is 0 Å². The van der Waals surface area contributed by atoms with Crippen LogP contribution in [-0.4, -0.2) is 35.5 Å². The predicted octanol–water partition coefficient (Wildman–Crippen LogP) is 6.83. The Balaban J connectivity index is 1.48. The van der Waals surface area contributed by atoms with E-state index in [9.17, 15) is 19.6 Å². The molecule has 216 valence electrons. The van der Waals surface area contributed by atoms with Gasteiger partial charge < -0.3 is 4.90 Å². The number of rotatable bonds is 2. The molecule has 40 heavy (non-hydrogen) atoms. The molecule has 0 bridgehead atoms. The van der Waals surface area contributed by atoms with Crippen molar-refractivity contribution >= 4 is 17.5 Å². The maximum atomic E-state index is 14.6.